The van der Waals surface area contributed by atoms with Crippen LogP contribution in [0.5, 0.6) is 0 Å². The van der Waals surface area contributed by atoms with Gasteiger partial charge >= 0.3 is 0 Å². The van der Waals surface area contributed by atoms with E-state index in [-0.39, 0.29) is 0 Å². The smallest absolute Gasteiger partial charge is 0.0931 e. The maximum atomic E-state index is 6.12. The highest BCUT2D eigenvalue weighted by atomic mass is 35.5. The van der Waals surface area contributed by atoms with Crippen LogP contribution in [0.25, 0.3) is 0 Å². The van der Waals surface area contributed by atoms with E-state index in [2.05, 4.69) is 36.3 Å². The minimum atomic E-state index is 0.415. The molecule has 0 fully saturated rings. The van der Waals surface area contributed by atoms with Gasteiger partial charge in [-0.1, -0.05) is 37.6 Å². The lowest BCUT2D eigenvalue weighted by Gasteiger charge is -2.18. The van der Waals surface area contributed by atoms with E-state index in [1.54, 1.807) is 11.3 Å². The normalized spacial score (nSPS) is 12.8. The molecule has 0 aliphatic heterocycles. The minimum Gasteiger partial charge on any atom is -0.316 e. The van der Waals surface area contributed by atoms with Gasteiger partial charge in [0.2, 0.25) is 0 Å². The highest BCUT2D eigenvalue weighted by molar-refractivity contribution is 7.09. The van der Waals surface area contributed by atoms with Crippen molar-refractivity contribution in [2.75, 3.05) is 13.1 Å². The minimum absolute atomic E-state index is 0.415. The van der Waals surface area contributed by atoms with Crippen LogP contribution in [0.3, 0.4) is 0 Å². The summed E-state index contributed by atoms with van der Waals surface area (Å²) in [6.07, 6.45) is 2.83. The fourth-order valence-corrected chi connectivity index (χ4v) is 3.08. The van der Waals surface area contributed by atoms with Crippen LogP contribution < -0.4 is 5.32 Å². The Balaban J connectivity index is 2.06. The zero-order valence-electron chi connectivity index (χ0n) is 12.0. The van der Waals surface area contributed by atoms with Crippen molar-refractivity contribution in [2.45, 2.75) is 26.2 Å². The van der Waals surface area contributed by atoms with Gasteiger partial charge in [-0.2, -0.15) is 0 Å². The van der Waals surface area contributed by atoms with Gasteiger partial charge in [0.05, 0.1) is 5.01 Å². The van der Waals surface area contributed by atoms with Gasteiger partial charge in [0.25, 0.3) is 0 Å². The molecule has 0 radical (unpaired) electrons. The van der Waals surface area contributed by atoms with Gasteiger partial charge in [-0.3, -0.25) is 0 Å². The molecule has 0 bridgehead atoms. The van der Waals surface area contributed by atoms with E-state index < -0.39 is 0 Å². The predicted molar refractivity (Wildman–Crippen MR) is 87.7 cm³/mol. The van der Waals surface area contributed by atoms with Crippen molar-refractivity contribution in [2.24, 2.45) is 5.92 Å². The number of benzene rings is 1. The zero-order valence-corrected chi connectivity index (χ0v) is 13.5. The fraction of sp³-hybridized carbons (Fsp3) is 0.438. The van der Waals surface area contributed by atoms with Crippen LogP contribution in [0.1, 0.15) is 30.3 Å². The molecule has 2 nitrogen and oxygen atoms in total. The van der Waals surface area contributed by atoms with Crippen molar-refractivity contribution in [3.05, 3.63) is 51.4 Å². The molecule has 0 aliphatic rings. The lowest BCUT2D eigenvalue weighted by molar-refractivity contribution is 0.514. The largest absolute Gasteiger partial charge is 0.316 e. The average Bonchev–Trinajstić information content (AvgIpc) is 2.90. The maximum absolute atomic E-state index is 6.12. The van der Waals surface area contributed by atoms with Gasteiger partial charge in [-0.15, -0.1) is 11.3 Å². The van der Waals surface area contributed by atoms with Crippen molar-refractivity contribution in [3.63, 3.8) is 0 Å². The molecule has 20 heavy (non-hydrogen) atoms. The Morgan fingerprint density at radius 1 is 1.30 bits per heavy atom. The summed E-state index contributed by atoms with van der Waals surface area (Å²) in [4.78, 5) is 4.40. The lowest BCUT2D eigenvalue weighted by atomic mass is 9.95. The van der Waals surface area contributed by atoms with Crippen LogP contribution in [0.4, 0.5) is 0 Å². The first-order valence-electron chi connectivity index (χ1n) is 6.99. The van der Waals surface area contributed by atoms with Crippen LogP contribution in [0.15, 0.2) is 35.8 Å². The monoisotopic (exact) mass is 308 g/mol. The summed E-state index contributed by atoms with van der Waals surface area (Å²) in [5.41, 5.74) is 1.28. The van der Waals surface area contributed by atoms with Crippen molar-refractivity contribution in [1.29, 1.82) is 0 Å². The summed E-state index contributed by atoms with van der Waals surface area (Å²) in [6.45, 7) is 6.44. The summed E-state index contributed by atoms with van der Waals surface area (Å²) in [6, 6.07) is 8.17. The molecule has 0 saturated heterocycles. The predicted octanol–water partition coefficient (Wildman–Crippen LogP) is 4.37. The Morgan fingerprint density at radius 2 is 2.15 bits per heavy atom. The molecule has 1 heterocycles. The van der Waals surface area contributed by atoms with E-state index in [1.807, 2.05) is 23.7 Å². The van der Waals surface area contributed by atoms with Crippen LogP contribution in [0, 0.1) is 5.92 Å². The number of halogens is 1. The molecule has 1 unspecified atom stereocenters. The van der Waals surface area contributed by atoms with Crippen LogP contribution in [0.2, 0.25) is 5.02 Å². The van der Waals surface area contributed by atoms with E-state index in [1.165, 1.54) is 10.6 Å². The number of nitrogens with one attached hydrogen (secondary N) is 1. The van der Waals surface area contributed by atoms with Crippen LogP contribution in [-0.4, -0.2) is 18.1 Å². The van der Waals surface area contributed by atoms with Gasteiger partial charge < -0.3 is 5.32 Å². The third kappa shape index (κ3) is 4.89. The molecule has 0 spiro atoms. The first kappa shape index (κ1) is 15.5. The third-order valence-electron chi connectivity index (χ3n) is 3.17. The number of hydrogen-bond acceptors (Lipinski definition) is 3. The molecule has 1 aromatic carbocycles. The average molecular weight is 309 g/mol. The number of thiazole rings is 1. The third-order valence-corrected chi connectivity index (χ3v) is 4.20. The molecular formula is C16H21ClN2S. The molecule has 1 aromatic heterocycles. The topological polar surface area (TPSA) is 24.9 Å². The van der Waals surface area contributed by atoms with Crippen molar-refractivity contribution in [1.82, 2.24) is 10.3 Å². The summed E-state index contributed by atoms with van der Waals surface area (Å²) in [5, 5.41) is 7.57. The standard InChI is InChI=1S/C16H21ClN2S/c1-12(2)10-18-11-14(9-16-19-6-7-20-16)13-4-3-5-15(17)8-13/h3-8,12,14,18H,9-11H2,1-2H3. The fourth-order valence-electron chi connectivity index (χ4n) is 2.18. The second kappa shape index (κ2) is 7.77. The van der Waals surface area contributed by atoms with Gasteiger partial charge in [0.15, 0.2) is 0 Å². The molecule has 2 rings (SSSR count). The Bertz CT molecular complexity index is 511. The van der Waals surface area contributed by atoms with Crippen LogP contribution >= 0.6 is 22.9 Å². The second-order valence-electron chi connectivity index (χ2n) is 5.43. The summed E-state index contributed by atoms with van der Waals surface area (Å²) >= 11 is 7.84. The number of aromatic nitrogens is 1. The first-order chi connectivity index (χ1) is 9.65. The van der Waals surface area contributed by atoms with E-state index in [9.17, 15) is 0 Å². The molecule has 4 heteroatoms. The van der Waals surface area contributed by atoms with E-state index in [4.69, 9.17) is 11.6 Å². The number of hydrogen-bond donors (Lipinski definition) is 1. The highest BCUT2D eigenvalue weighted by Crippen LogP contribution is 2.24. The molecule has 1 N–H and O–H groups in total. The van der Waals surface area contributed by atoms with E-state index in [0.29, 0.717) is 11.8 Å². The van der Waals surface area contributed by atoms with Crippen molar-refractivity contribution >= 4 is 22.9 Å². The molecule has 1 atom stereocenters. The van der Waals surface area contributed by atoms with Gasteiger partial charge in [-0.25, -0.2) is 4.98 Å². The maximum Gasteiger partial charge on any atom is 0.0931 e. The molecule has 2 aromatic rings. The summed E-state index contributed by atoms with van der Waals surface area (Å²) < 4.78 is 0. The van der Waals surface area contributed by atoms with Gasteiger partial charge in [0, 0.05) is 35.5 Å². The van der Waals surface area contributed by atoms with E-state index in [0.717, 1.165) is 24.5 Å². The summed E-state index contributed by atoms with van der Waals surface area (Å²) in [7, 11) is 0. The van der Waals surface area contributed by atoms with Gasteiger partial charge in [-0.05, 0) is 30.2 Å². The number of nitrogens with zero attached hydrogens (tertiary/aromatic N) is 1. The van der Waals surface area contributed by atoms with Crippen molar-refractivity contribution < 1.29 is 0 Å². The van der Waals surface area contributed by atoms with Gasteiger partial charge in [0.1, 0.15) is 0 Å². The molecule has 0 aliphatic carbocycles. The zero-order chi connectivity index (χ0) is 14.4. The summed E-state index contributed by atoms with van der Waals surface area (Å²) in [5.74, 6) is 1.08. The first-order valence-corrected chi connectivity index (χ1v) is 8.25. The number of rotatable bonds is 7. The molecule has 0 amide bonds. The highest BCUT2D eigenvalue weighted by Gasteiger charge is 2.14. The van der Waals surface area contributed by atoms with Crippen LogP contribution in [-0.2, 0) is 6.42 Å². The lowest BCUT2D eigenvalue weighted by Crippen LogP contribution is -2.26. The molecular weight excluding hydrogens is 288 g/mol. The second-order valence-corrected chi connectivity index (χ2v) is 6.85. The Hall–Kier alpha value is -0.900. The molecule has 108 valence electrons. The Kier molecular flexibility index (Phi) is 6.02. The quantitative estimate of drug-likeness (QED) is 0.821. The Labute approximate surface area is 130 Å². The Morgan fingerprint density at radius 3 is 2.80 bits per heavy atom. The van der Waals surface area contributed by atoms with Crippen molar-refractivity contribution in [3.8, 4) is 0 Å². The molecule has 0 saturated carbocycles. The van der Waals surface area contributed by atoms with E-state index >= 15 is 0 Å². The SMILES string of the molecule is CC(C)CNCC(Cc1nccs1)c1cccc(Cl)c1.